The smallest absolute Gasteiger partial charge is 0.259 e. The Morgan fingerprint density at radius 3 is 2.69 bits per heavy atom. The Hall–Kier alpha value is -1.52. The van der Waals surface area contributed by atoms with E-state index in [1.54, 1.807) is 10.9 Å². The molecular formula is C11H18N4O. The molecule has 1 saturated heterocycles. The molecule has 2 N–H and O–H groups in total. The molecule has 0 radical (unpaired) electrons. The normalized spacial score (nSPS) is 16.4. The van der Waals surface area contributed by atoms with Crippen LogP contribution in [0.25, 0.3) is 0 Å². The molecule has 0 aliphatic carbocycles. The maximum absolute atomic E-state index is 12.1. The Kier molecular flexibility index (Phi) is 3.12. The number of rotatable bonds is 2. The van der Waals surface area contributed by atoms with Crippen molar-refractivity contribution in [3.05, 3.63) is 11.8 Å². The molecule has 1 amide bonds. The van der Waals surface area contributed by atoms with E-state index in [9.17, 15) is 4.79 Å². The average molecular weight is 222 g/mol. The number of aryl methyl sites for hydroxylation is 1. The van der Waals surface area contributed by atoms with E-state index >= 15 is 0 Å². The van der Waals surface area contributed by atoms with Crippen LogP contribution in [0.15, 0.2) is 6.20 Å². The lowest BCUT2D eigenvalue weighted by Crippen LogP contribution is -2.35. The Morgan fingerprint density at radius 1 is 1.44 bits per heavy atom. The third-order valence-electron chi connectivity index (χ3n) is 2.99. The standard InChI is InChI=1S/C11H18N4O/c1-2-15-8-9(10(12)13-15)11(16)14-6-4-3-5-7-14/h8H,2-7H2,1H3,(H2,12,13). The second-order valence-electron chi connectivity index (χ2n) is 4.14. The van der Waals surface area contributed by atoms with Crippen LogP contribution in [0.3, 0.4) is 0 Å². The van der Waals surface area contributed by atoms with E-state index in [4.69, 9.17) is 5.73 Å². The van der Waals surface area contributed by atoms with Gasteiger partial charge in [-0.3, -0.25) is 9.48 Å². The predicted molar refractivity (Wildman–Crippen MR) is 62.1 cm³/mol. The number of nitrogens with zero attached hydrogens (tertiary/aromatic N) is 3. The summed E-state index contributed by atoms with van der Waals surface area (Å²) >= 11 is 0. The highest BCUT2D eigenvalue weighted by molar-refractivity contribution is 5.98. The molecule has 1 fully saturated rings. The Labute approximate surface area is 95.2 Å². The molecule has 1 aromatic rings. The van der Waals surface area contributed by atoms with Crippen molar-refractivity contribution >= 4 is 11.7 Å². The first-order chi connectivity index (χ1) is 7.72. The first-order valence-electron chi connectivity index (χ1n) is 5.84. The minimum Gasteiger partial charge on any atom is -0.382 e. The highest BCUT2D eigenvalue weighted by atomic mass is 16.2. The minimum absolute atomic E-state index is 0.0249. The van der Waals surface area contributed by atoms with Gasteiger partial charge in [-0.15, -0.1) is 0 Å². The summed E-state index contributed by atoms with van der Waals surface area (Å²) < 4.78 is 1.70. The molecule has 0 atom stereocenters. The van der Waals surface area contributed by atoms with Gasteiger partial charge in [0, 0.05) is 25.8 Å². The van der Waals surface area contributed by atoms with Crippen molar-refractivity contribution < 1.29 is 4.79 Å². The number of likely N-dealkylation sites (tertiary alicyclic amines) is 1. The highest BCUT2D eigenvalue weighted by Gasteiger charge is 2.21. The molecule has 16 heavy (non-hydrogen) atoms. The van der Waals surface area contributed by atoms with Gasteiger partial charge in [0.2, 0.25) is 0 Å². The van der Waals surface area contributed by atoms with Crippen molar-refractivity contribution in [2.45, 2.75) is 32.7 Å². The SMILES string of the molecule is CCn1cc(C(=O)N2CCCCC2)c(N)n1. The van der Waals surface area contributed by atoms with E-state index in [-0.39, 0.29) is 5.91 Å². The quantitative estimate of drug-likeness (QED) is 0.815. The maximum Gasteiger partial charge on any atom is 0.259 e. The zero-order valence-corrected chi connectivity index (χ0v) is 9.65. The molecule has 0 aromatic carbocycles. The number of hydrogen-bond acceptors (Lipinski definition) is 3. The summed E-state index contributed by atoms with van der Waals surface area (Å²) in [4.78, 5) is 14.0. The van der Waals surface area contributed by atoms with Gasteiger partial charge in [0.25, 0.3) is 5.91 Å². The first-order valence-corrected chi connectivity index (χ1v) is 5.84. The van der Waals surface area contributed by atoms with E-state index in [0.717, 1.165) is 32.5 Å². The summed E-state index contributed by atoms with van der Waals surface area (Å²) in [5.41, 5.74) is 6.29. The number of carbonyl (C=O) groups excluding carboxylic acids is 1. The number of nitrogens with two attached hydrogens (primary N) is 1. The van der Waals surface area contributed by atoms with Gasteiger partial charge in [-0.05, 0) is 26.2 Å². The second-order valence-corrected chi connectivity index (χ2v) is 4.14. The number of amides is 1. The summed E-state index contributed by atoms with van der Waals surface area (Å²) in [5.74, 6) is 0.370. The third-order valence-corrected chi connectivity index (χ3v) is 2.99. The molecule has 1 aliphatic rings. The van der Waals surface area contributed by atoms with E-state index < -0.39 is 0 Å². The van der Waals surface area contributed by atoms with E-state index in [1.807, 2.05) is 11.8 Å². The van der Waals surface area contributed by atoms with Gasteiger partial charge in [0.15, 0.2) is 5.82 Å². The highest BCUT2D eigenvalue weighted by Crippen LogP contribution is 2.16. The van der Waals surface area contributed by atoms with Gasteiger partial charge in [0.05, 0.1) is 0 Å². The molecule has 0 unspecified atom stereocenters. The Bertz CT molecular complexity index is 379. The fourth-order valence-electron chi connectivity index (χ4n) is 2.03. The molecule has 88 valence electrons. The van der Waals surface area contributed by atoms with Crippen LogP contribution in [0.1, 0.15) is 36.5 Å². The van der Waals surface area contributed by atoms with Gasteiger partial charge in [0.1, 0.15) is 5.56 Å². The maximum atomic E-state index is 12.1. The molecule has 5 nitrogen and oxygen atoms in total. The monoisotopic (exact) mass is 222 g/mol. The molecule has 2 rings (SSSR count). The fourth-order valence-corrected chi connectivity index (χ4v) is 2.03. The van der Waals surface area contributed by atoms with Crippen LogP contribution in [0, 0.1) is 0 Å². The van der Waals surface area contributed by atoms with E-state index in [0.29, 0.717) is 11.4 Å². The van der Waals surface area contributed by atoms with Gasteiger partial charge < -0.3 is 10.6 Å². The van der Waals surface area contributed by atoms with E-state index in [2.05, 4.69) is 5.10 Å². The van der Waals surface area contributed by atoms with Crippen molar-refractivity contribution in [1.29, 1.82) is 0 Å². The molecule has 2 heterocycles. The minimum atomic E-state index is 0.0249. The van der Waals surface area contributed by atoms with Crippen LogP contribution >= 0.6 is 0 Å². The summed E-state index contributed by atoms with van der Waals surface area (Å²) in [6.45, 7) is 4.39. The zero-order chi connectivity index (χ0) is 11.5. The number of hydrogen-bond donors (Lipinski definition) is 1. The number of anilines is 1. The molecular weight excluding hydrogens is 204 g/mol. The summed E-state index contributed by atoms with van der Waals surface area (Å²) in [6.07, 6.45) is 5.14. The molecule has 0 bridgehead atoms. The summed E-state index contributed by atoms with van der Waals surface area (Å²) in [7, 11) is 0. The number of aromatic nitrogens is 2. The van der Waals surface area contributed by atoms with Crippen LogP contribution in [-0.4, -0.2) is 33.7 Å². The summed E-state index contributed by atoms with van der Waals surface area (Å²) in [5, 5.41) is 4.09. The predicted octanol–water partition coefficient (Wildman–Crippen LogP) is 1.11. The fraction of sp³-hybridized carbons (Fsp3) is 0.636. The van der Waals surface area contributed by atoms with Crippen molar-refractivity contribution in [3.63, 3.8) is 0 Å². The van der Waals surface area contributed by atoms with Crippen molar-refractivity contribution in [1.82, 2.24) is 14.7 Å². The first kappa shape index (κ1) is 11.0. The van der Waals surface area contributed by atoms with Crippen LogP contribution in [0.2, 0.25) is 0 Å². The van der Waals surface area contributed by atoms with Gasteiger partial charge in [-0.2, -0.15) is 5.10 Å². The lowest BCUT2D eigenvalue weighted by molar-refractivity contribution is 0.0725. The number of carbonyl (C=O) groups is 1. The topological polar surface area (TPSA) is 64.2 Å². The van der Waals surface area contributed by atoms with Crippen molar-refractivity contribution in [2.75, 3.05) is 18.8 Å². The third kappa shape index (κ3) is 2.03. The summed E-state index contributed by atoms with van der Waals surface area (Å²) in [6, 6.07) is 0. The van der Waals surface area contributed by atoms with E-state index in [1.165, 1.54) is 6.42 Å². The second kappa shape index (κ2) is 4.55. The largest absolute Gasteiger partial charge is 0.382 e. The molecule has 0 saturated carbocycles. The molecule has 0 spiro atoms. The van der Waals surface area contributed by atoms with Gasteiger partial charge in [-0.25, -0.2) is 0 Å². The Balaban J connectivity index is 2.15. The average Bonchev–Trinajstić information content (AvgIpc) is 2.71. The Morgan fingerprint density at radius 2 is 2.12 bits per heavy atom. The lowest BCUT2D eigenvalue weighted by atomic mass is 10.1. The zero-order valence-electron chi connectivity index (χ0n) is 9.65. The van der Waals surface area contributed by atoms with Gasteiger partial charge in [-0.1, -0.05) is 0 Å². The van der Waals surface area contributed by atoms with Crippen LogP contribution in [-0.2, 0) is 6.54 Å². The molecule has 1 aromatic heterocycles. The van der Waals surface area contributed by atoms with Crippen molar-refractivity contribution in [2.24, 2.45) is 0 Å². The van der Waals surface area contributed by atoms with Crippen LogP contribution in [0.5, 0.6) is 0 Å². The van der Waals surface area contributed by atoms with Gasteiger partial charge >= 0.3 is 0 Å². The van der Waals surface area contributed by atoms with Crippen LogP contribution < -0.4 is 5.73 Å². The molecule has 5 heteroatoms. The lowest BCUT2D eigenvalue weighted by Gasteiger charge is -2.26. The number of piperidine rings is 1. The molecule has 1 aliphatic heterocycles. The number of nitrogen functional groups attached to an aromatic ring is 1. The van der Waals surface area contributed by atoms with Crippen molar-refractivity contribution in [3.8, 4) is 0 Å². The van der Waals surface area contributed by atoms with Crippen LogP contribution in [0.4, 0.5) is 5.82 Å².